The number of rotatable bonds is 7. The van der Waals surface area contributed by atoms with Crippen LogP contribution in [0.5, 0.6) is 0 Å². The van der Waals surface area contributed by atoms with Gasteiger partial charge in [-0.3, -0.25) is 20.1 Å². The molecule has 0 spiro atoms. The molecule has 192 valence electrons. The van der Waals surface area contributed by atoms with E-state index in [1.165, 1.54) is 5.31 Å². The number of hydrogen-bond donors (Lipinski definition) is 2. The molecule has 3 rings (SSSR count). The highest BCUT2D eigenvalue weighted by Crippen LogP contribution is 2.39. The SMILES string of the molecule is C/C=C1/N=CC(NC(C)c2cc(NC(=O)c3ccc(C(F)(F)F)nc3)ccc2Cl)P/C1=C\CC(C)C. The normalized spacial score (nSPS) is 19.9. The average molecular weight is 537 g/mol. The van der Waals surface area contributed by atoms with Crippen molar-refractivity contribution in [3.05, 3.63) is 81.5 Å². The smallest absolute Gasteiger partial charge is 0.322 e. The van der Waals surface area contributed by atoms with Crippen LogP contribution in [0.1, 0.15) is 61.8 Å². The van der Waals surface area contributed by atoms with Gasteiger partial charge in [0.25, 0.3) is 5.91 Å². The Balaban J connectivity index is 1.71. The van der Waals surface area contributed by atoms with Gasteiger partial charge in [0.15, 0.2) is 0 Å². The second kappa shape index (κ2) is 12.1. The minimum Gasteiger partial charge on any atom is -0.322 e. The first kappa shape index (κ1) is 28.0. The van der Waals surface area contributed by atoms with Crippen LogP contribution < -0.4 is 10.6 Å². The Morgan fingerprint density at radius 2 is 1.97 bits per heavy atom. The third kappa shape index (κ3) is 7.48. The van der Waals surface area contributed by atoms with Crippen LogP contribution in [0.15, 0.2) is 64.7 Å². The van der Waals surface area contributed by atoms with Gasteiger partial charge in [0.2, 0.25) is 0 Å². The molecule has 0 radical (unpaired) electrons. The highest BCUT2D eigenvalue weighted by molar-refractivity contribution is 7.45. The van der Waals surface area contributed by atoms with Crippen LogP contribution in [0.4, 0.5) is 18.9 Å². The largest absolute Gasteiger partial charge is 0.433 e. The van der Waals surface area contributed by atoms with Crippen molar-refractivity contribution in [2.24, 2.45) is 10.9 Å². The first-order chi connectivity index (χ1) is 17.0. The number of aromatic nitrogens is 1. The number of nitrogens with zero attached hydrogens (tertiary/aromatic N) is 2. The molecule has 2 aromatic rings. The van der Waals surface area contributed by atoms with Crippen molar-refractivity contribution in [3.63, 3.8) is 0 Å². The number of carbonyl (C=O) groups excluding carboxylic acids is 1. The van der Waals surface area contributed by atoms with Crippen LogP contribution in [-0.2, 0) is 6.18 Å². The average Bonchev–Trinajstić information content (AvgIpc) is 2.83. The minimum atomic E-state index is -4.56. The van der Waals surface area contributed by atoms with Crippen molar-refractivity contribution in [2.75, 3.05) is 5.32 Å². The van der Waals surface area contributed by atoms with Crippen LogP contribution in [0.3, 0.4) is 0 Å². The monoisotopic (exact) mass is 536 g/mol. The van der Waals surface area contributed by atoms with E-state index in [1.807, 2.05) is 26.1 Å². The topological polar surface area (TPSA) is 66.4 Å². The van der Waals surface area contributed by atoms with E-state index >= 15 is 0 Å². The van der Waals surface area contributed by atoms with E-state index in [1.54, 1.807) is 18.2 Å². The number of anilines is 1. The van der Waals surface area contributed by atoms with E-state index in [0.717, 1.165) is 36.0 Å². The molecule has 2 N–H and O–H groups in total. The third-order valence-corrected chi connectivity index (χ3v) is 7.22. The van der Waals surface area contributed by atoms with Gasteiger partial charge in [-0.25, -0.2) is 0 Å². The molecule has 10 heteroatoms. The number of allylic oxidation sites excluding steroid dienone is 3. The summed E-state index contributed by atoms with van der Waals surface area (Å²) in [5, 5.41) is 8.02. The molecular formula is C26H29ClF3N4OP. The summed E-state index contributed by atoms with van der Waals surface area (Å²) in [4.78, 5) is 20.5. The molecule has 36 heavy (non-hydrogen) atoms. The lowest BCUT2D eigenvalue weighted by molar-refractivity contribution is -0.141. The quantitative estimate of drug-likeness (QED) is 0.358. The van der Waals surface area contributed by atoms with Gasteiger partial charge >= 0.3 is 6.18 Å². The lowest BCUT2D eigenvalue weighted by Crippen LogP contribution is -2.31. The molecule has 0 bridgehead atoms. The number of hydrogen-bond acceptors (Lipinski definition) is 4. The first-order valence-electron chi connectivity index (χ1n) is 11.6. The number of benzene rings is 1. The van der Waals surface area contributed by atoms with E-state index in [-0.39, 0.29) is 17.4 Å². The van der Waals surface area contributed by atoms with Gasteiger partial charge in [-0.2, -0.15) is 13.2 Å². The molecule has 2 heterocycles. The summed E-state index contributed by atoms with van der Waals surface area (Å²) in [5.74, 6) is 0.0335. The van der Waals surface area contributed by atoms with Crippen LogP contribution in [0.25, 0.3) is 0 Å². The molecule has 1 aliphatic rings. The zero-order valence-electron chi connectivity index (χ0n) is 20.4. The molecular weight excluding hydrogens is 508 g/mol. The van der Waals surface area contributed by atoms with Gasteiger partial charge in [-0.05, 0) is 67.4 Å². The zero-order chi connectivity index (χ0) is 26.5. The second-order valence-electron chi connectivity index (χ2n) is 8.83. The van der Waals surface area contributed by atoms with Crippen LogP contribution in [0, 0.1) is 5.92 Å². The van der Waals surface area contributed by atoms with E-state index in [9.17, 15) is 18.0 Å². The lowest BCUT2D eigenvalue weighted by Gasteiger charge is -2.26. The summed E-state index contributed by atoms with van der Waals surface area (Å²) >= 11 is 6.46. The van der Waals surface area contributed by atoms with Crippen molar-refractivity contribution in [1.29, 1.82) is 0 Å². The van der Waals surface area contributed by atoms with Crippen LogP contribution >= 0.6 is 20.2 Å². The Bertz CT molecular complexity index is 1180. The Morgan fingerprint density at radius 3 is 2.58 bits per heavy atom. The Kier molecular flexibility index (Phi) is 9.45. The summed E-state index contributed by atoms with van der Waals surface area (Å²) in [7, 11) is 0.507. The predicted octanol–water partition coefficient (Wildman–Crippen LogP) is 7.58. The zero-order valence-corrected chi connectivity index (χ0v) is 22.2. The van der Waals surface area contributed by atoms with Crippen molar-refractivity contribution in [1.82, 2.24) is 10.3 Å². The molecule has 5 nitrogen and oxygen atoms in total. The number of nitrogens with one attached hydrogen (secondary N) is 2. The van der Waals surface area contributed by atoms with E-state index in [0.29, 0.717) is 25.2 Å². The lowest BCUT2D eigenvalue weighted by atomic mass is 10.1. The standard InChI is InChI=1S/C26H29ClF3N4OP/c1-5-21-22(10-6-15(2)3)36-24(14-31-21)33-16(4)19-12-18(8-9-20(19)27)34-25(35)17-7-11-23(32-13-17)26(28,29)30/h5,7-16,24,33,36H,6H2,1-4H3,(H,34,35)/b21-5+,22-10-. The molecule has 1 aromatic heterocycles. The number of carbonyl (C=O) groups is 1. The first-order valence-corrected chi connectivity index (χ1v) is 13.0. The molecule has 1 aromatic carbocycles. The molecule has 0 fully saturated rings. The van der Waals surface area contributed by atoms with E-state index in [2.05, 4.69) is 40.5 Å². The van der Waals surface area contributed by atoms with E-state index in [4.69, 9.17) is 11.6 Å². The molecule has 0 aliphatic carbocycles. The van der Waals surface area contributed by atoms with Gasteiger partial charge in [0.1, 0.15) is 5.69 Å². The molecule has 0 saturated heterocycles. The number of amides is 1. The molecule has 3 atom stereocenters. The number of alkyl halides is 3. The highest BCUT2D eigenvalue weighted by Gasteiger charge is 2.32. The Morgan fingerprint density at radius 1 is 1.22 bits per heavy atom. The van der Waals surface area contributed by atoms with Crippen molar-refractivity contribution in [3.8, 4) is 0 Å². The molecule has 3 unspecified atom stereocenters. The van der Waals surface area contributed by atoms with Crippen LogP contribution in [-0.4, -0.2) is 22.9 Å². The van der Waals surface area contributed by atoms with Gasteiger partial charge in [0, 0.05) is 29.2 Å². The highest BCUT2D eigenvalue weighted by atomic mass is 35.5. The predicted molar refractivity (Wildman–Crippen MR) is 142 cm³/mol. The fourth-order valence-corrected chi connectivity index (χ4v) is 5.24. The molecule has 1 aliphatic heterocycles. The Hall–Kier alpha value is -2.54. The minimum absolute atomic E-state index is 0.0192. The summed E-state index contributed by atoms with van der Waals surface area (Å²) in [6.45, 7) is 8.33. The summed E-state index contributed by atoms with van der Waals surface area (Å²) < 4.78 is 38.2. The third-order valence-electron chi connectivity index (χ3n) is 5.48. The summed E-state index contributed by atoms with van der Waals surface area (Å²) in [6.07, 6.45) is 3.52. The maximum Gasteiger partial charge on any atom is 0.433 e. The number of pyridine rings is 1. The van der Waals surface area contributed by atoms with Crippen LogP contribution in [0.2, 0.25) is 5.02 Å². The van der Waals surface area contributed by atoms with Gasteiger partial charge in [-0.15, -0.1) is 0 Å². The van der Waals surface area contributed by atoms with Gasteiger partial charge in [0.05, 0.1) is 17.0 Å². The summed E-state index contributed by atoms with van der Waals surface area (Å²) in [5.41, 5.74) is 1.22. The maximum atomic E-state index is 12.7. The number of aliphatic imine (C=N–C) groups is 1. The Labute approximate surface area is 216 Å². The summed E-state index contributed by atoms with van der Waals surface area (Å²) in [6, 6.07) is 6.81. The van der Waals surface area contributed by atoms with Gasteiger partial charge in [-0.1, -0.05) is 46.2 Å². The second-order valence-corrected chi connectivity index (χ2v) is 10.7. The van der Waals surface area contributed by atoms with Crippen molar-refractivity contribution in [2.45, 2.75) is 52.1 Å². The van der Waals surface area contributed by atoms with E-state index < -0.39 is 17.8 Å². The van der Waals surface area contributed by atoms with Crippen molar-refractivity contribution < 1.29 is 18.0 Å². The van der Waals surface area contributed by atoms with Gasteiger partial charge < -0.3 is 5.32 Å². The fourth-order valence-electron chi connectivity index (χ4n) is 3.55. The molecule has 1 amide bonds. The molecule has 0 saturated carbocycles. The fraction of sp³-hybridized carbons (Fsp3) is 0.346. The van der Waals surface area contributed by atoms with Crippen molar-refractivity contribution >= 4 is 38.0 Å². The number of halogens is 4. The maximum absolute atomic E-state index is 12.7.